The minimum Gasteiger partial charge on any atom is -0.389 e. The van der Waals surface area contributed by atoms with Gasteiger partial charge in [0.1, 0.15) is 6.10 Å². The number of hydrogen-bond acceptors (Lipinski definition) is 4. The fourth-order valence-corrected chi connectivity index (χ4v) is 1.75. The second-order valence-corrected chi connectivity index (χ2v) is 3.72. The molecule has 0 bridgehead atoms. The van der Waals surface area contributed by atoms with Gasteiger partial charge in [0.15, 0.2) is 0 Å². The molecule has 0 saturated carbocycles. The molecule has 0 aliphatic heterocycles. The van der Waals surface area contributed by atoms with E-state index in [0.717, 1.165) is 5.52 Å². The predicted octanol–water partition coefficient (Wildman–Crippen LogP) is 0.177. The van der Waals surface area contributed by atoms with Crippen molar-refractivity contribution in [3.63, 3.8) is 0 Å². The second-order valence-electron chi connectivity index (χ2n) is 3.72. The molecule has 2 unspecified atom stereocenters. The van der Waals surface area contributed by atoms with E-state index in [2.05, 4.69) is 15.3 Å². The zero-order valence-corrected chi connectivity index (χ0v) is 9.01. The number of imidazole rings is 1. The van der Waals surface area contributed by atoms with E-state index in [1.807, 2.05) is 12.1 Å². The first-order valence-electron chi connectivity index (χ1n) is 5.16. The summed E-state index contributed by atoms with van der Waals surface area (Å²) in [6.07, 6.45) is -0.197. The van der Waals surface area contributed by atoms with E-state index in [9.17, 15) is 10.2 Å². The molecule has 1 aromatic heterocycles. The number of benzene rings is 1. The van der Waals surface area contributed by atoms with Crippen molar-refractivity contribution >= 4 is 11.0 Å². The lowest BCUT2D eigenvalue weighted by Gasteiger charge is -2.17. The molecule has 16 heavy (non-hydrogen) atoms. The van der Waals surface area contributed by atoms with Crippen LogP contribution in [-0.2, 0) is 0 Å². The van der Waals surface area contributed by atoms with E-state index in [0.29, 0.717) is 17.6 Å². The molecular weight excluding hydrogens is 206 g/mol. The van der Waals surface area contributed by atoms with Gasteiger partial charge in [0.2, 0.25) is 0 Å². The molecule has 0 fully saturated rings. The number of hydrogen-bond donors (Lipinski definition) is 4. The summed E-state index contributed by atoms with van der Waals surface area (Å²) in [6.45, 7) is 0.335. The summed E-state index contributed by atoms with van der Waals surface area (Å²) < 4.78 is 0. The molecule has 0 aliphatic rings. The molecule has 0 saturated heterocycles. The van der Waals surface area contributed by atoms with E-state index in [4.69, 9.17) is 0 Å². The lowest BCUT2D eigenvalue weighted by atomic mass is 10.0. The van der Waals surface area contributed by atoms with E-state index in [1.165, 1.54) is 0 Å². The number of aliphatic hydroxyl groups is 2. The highest BCUT2D eigenvalue weighted by atomic mass is 16.3. The highest BCUT2D eigenvalue weighted by molar-refractivity contribution is 5.78. The largest absolute Gasteiger partial charge is 0.389 e. The van der Waals surface area contributed by atoms with E-state index in [-0.39, 0.29) is 0 Å². The topological polar surface area (TPSA) is 81.2 Å². The molecule has 5 heteroatoms. The van der Waals surface area contributed by atoms with Gasteiger partial charge in [-0.2, -0.15) is 0 Å². The highest BCUT2D eigenvalue weighted by Crippen LogP contribution is 2.23. The number of aromatic nitrogens is 2. The number of nitrogens with zero attached hydrogens (tertiary/aromatic N) is 1. The molecule has 2 rings (SSSR count). The maximum atomic E-state index is 9.99. The van der Waals surface area contributed by atoms with Crippen molar-refractivity contribution in [3.8, 4) is 0 Å². The van der Waals surface area contributed by atoms with Gasteiger partial charge in [-0.1, -0.05) is 12.1 Å². The van der Waals surface area contributed by atoms with Crippen LogP contribution < -0.4 is 5.32 Å². The standard InChI is InChI=1S/C11H15N3O2/c1-12-5-9(15)11(16)7-3-2-4-8-10(7)14-6-13-8/h2-4,6,9,11-12,15-16H,5H2,1H3,(H,13,14). The van der Waals surface area contributed by atoms with E-state index in [1.54, 1.807) is 19.4 Å². The van der Waals surface area contributed by atoms with Gasteiger partial charge in [-0.3, -0.25) is 0 Å². The third-order valence-corrected chi connectivity index (χ3v) is 2.58. The Morgan fingerprint density at radius 1 is 1.44 bits per heavy atom. The fourth-order valence-electron chi connectivity index (χ4n) is 1.75. The van der Waals surface area contributed by atoms with Crippen LogP contribution in [0.15, 0.2) is 24.5 Å². The van der Waals surface area contributed by atoms with Crippen LogP contribution in [0, 0.1) is 0 Å². The first-order chi connectivity index (χ1) is 7.74. The van der Waals surface area contributed by atoms with Crippen LogP contribution in [0.3, 0.4) is 0 Å². The Bertz CT molecular complexity index is 469. The quantitative estimate of drug-likeness (QED) is 0.593. The maximum Gasteiger partial charge on any atom is 0.108 e. The molecule has 4 N–H and O–H groups in total. The van der Waals surface area contributed by atoms with Crippen molar-refractivity contribution in [1.82, 2.24) is 15.3 Å². The van der Waals surface area contributed by atoms with Gasteiger partial charge in [-0.05, 0) is 13.1 Å². The van der Waals surface area contributed by atoms with Crippen LogP contribution in [0.4, 0.5) is 0 Å². The Morgan fingerprint density at radius 2 is 2.25 bits per heavy atom. The predicted molar refractivity (Wildman–Crippen MR) is 61.0 cm³/mol. The molecule has 5 nitrogen and oxygen atoms in total. The van der Waals surface area contributed by atoms with Crippen LogP contribution in [0.25, 0.3) is 11.0 Å². The smallest absolute Gasteiger partial charge is 0.108 e. The van der Waals surface area contributed by atoms with Crippen molar-refractivity contribution in [2.45, 2.75) is 12.2 Å². The normalized spacial score (nSPS) is 15.2. The van der Waals surface area contributed by atoms with Crippen molar-refractivity contribution in [2.75, 3.05) is 13.6 Å². The summed E-state index contributed by atoms with van der Waals surface area (Å²) in [4.78, 5) is 7.10. The van der Waals surface area contributed by atoms with Crippen molar-refractivity contribution in [2.24, 2.45) is 0 Å². The molecule has 1 aromatic carbocycles. The molecule has 1 heterocycles. The molecule has 86 valence electrons. The van der Waals surface area contributed by atoms with Gasteiger partial charge in [-0.15, -0.1) is 0 Å². The summed E-state index contributed by atoms with van der Waals surface area (Å²) in [6, 6.07) is 5.47. The average molecular weight is 221 g/mol. The van der Waals surface area contributed by atoms with Crippen LogP contribution in [0.5, 0.6) is 0 Å². The van der Waals surface area contributed by atoms with Crippen LogP contribution in [0.2, 0.25) is 0 Å². The number of aliphatic hydroxyl groups excluding tert-OH is 2. The molecule has 0 spiro atoms. The van der Waals surface area contributed by atoms with Crippen LogP contribution >= 0.6 is 0 Å². The summed E-state index contributed by atoms with van der Waals surface area (Å²) in [5, 5.41) is 22.5. The average Bonchev–Trinajstić information content (AvgIpc) is 2.76. The zero-order valence-electron chi connectivity index (χ0n) is 9.01. The number of nitrogens with one attached hydrogen (secondary N) is 2. The Hall–Kier alpha value is -1.43. The summed E-state index contributed by atoms with van der Waals surface area (Å²) >= 11 is 0. The van der Waals surface area contributed by atoms with E-state index < -0.39 is 12.2 Å². The number of likely N-dealkylation sites (N-methyl/N-ethyl adjacent to an activating group) is 1. The van der Waals surface area contributed by atoms with Gasteiger partial charge in [-0.25, -0.2) is 4.98 Å². The van der Waals surface area contributed by atoms with Gasteiger partial charge < -0.3 is 20.5 Å². The molecule has 0 amide bonds. The minimum atomic E-state index is -0.931. The van der Waals surface area contributed by atoms with Crippen molar-refractivity contribution < 1.29 is 10.2 Å². The third kappa shape index (κ3) is 1.92. The molecular formula is C11H15N3O2. The van der Waals surface area contributed by atoms with Gasteiger partial charge in [0.05, 0.1) is 23.5 Å². The van der Waals surface area contributed by atoms with Crippen molar-refractivity contribution in [3.05, 3.63) is 30.1 Å². The SMILES string of the molecule is CNCC(O)C(O)c1cccc2[nH]cnc12. The fraction of sp³-hybridized carbons (Fsp3) is 0.364. The summed E-state index contributed by atoms with van der Waals surface area (Å²) in [5.41, 5.74) is 2.19. The number of aromatic amines is 1. The van der Waals surface area contributed by atoms with E-state index >= 15 is 0 Å². The Kier molecular flexibility index (Phi) is 3.19. The lowest BCUT2D eigenvalue weighted by molar-refractivity contribution is 0.0210. The second kappa shape index (κ2) is 4.61. The molecule has 2 aromatic rings. The monoisotopic (exact) mass is 221 g/mol. The van der Waals surface area contributed by atoms with Gasteiger partial charge in [0, 0.05) is 12.1 Å². The minimum absolute atomic E-state index is 0.335. The first kappa shape index (κ1) is 11.1. The lowest BCUT2D eigenvalue weighted by Crippen LogP contribution is -2.29. The van der Waals surface area contributed by atoms with Crippen LogP contribution in [0.1, 0.15) is 11.7 Å². The van der Waals surface area contributed by atoms with Crippen LogP contribution in [-0.4, -0.2) is 39.9 Å². The molecule has 2 atom stereocenters. The number of para-hydroxylation sites is 1. The maximum absolute atomic E-state index is 9.99. The van der Waals surface area contributed by atoms with Gasteiger partial charge in [0.25, 0.3) is 0 Å². The summed E-state index contributed by atoms with van der Waals surface area (Å²) in [7, 11) is 1.73. The zero-order chi connectivity index (χ0) is 11.5. The molecule has 0 aliphatic carbocycles. The number of rotatable bonds is 4. The Balaban J connectivity index is 2.35. The third-order valence-electron chi connectivity index (χ3n) is 2.58. The molecule has 0 radical (unpaired) electrons. The number of fused-ring (bicyclic) bond motifs is 1. The highest BCUT2D eigenvalue weighted by Gasteiger charge is 2.20. The van der Waals surface area contributed by atoms with Crippen molar-refractivity contribution in [1.29, 1.82) is 0 Å². The summed E-state index contributed by atoms with van der Waals surface area (Å²) in [5.74, 6) is 0. The van der Waals surface area contributed by atoms with Gasteiger partial charge >= 0.3 is 0 Å². The first-order valence-corrected chi connectivity index (χ1v) is 5.16. The number of H-pyrrole nitrogens is 1. The Morgan fingerprint density at radius 3 is 3.00 bits per heavy atom. The Labute approximate surface area is 93.1 Å².